The summed E-state index contributed by atoms with van der Waals surface area (Å²) in [4.78, 5) is 25.2. The van der Waals surface area contributed by atoms with Crippen LogP contribution in [0, 0.1) is 5.92 Å². The van der Waals surface area contributed by atoms with Crippen molar-refractivity contribution in [2.75, 3.05) is 0 Å². The Hall–Kier alpha value is -2.14. The molecular formula is C25H38O5. The van der Waals surface area contributed by atoms with Crippen molar-refractivity contribution >= 4 is 11.9 Å². The number of aliphatic hydroxyl groups is 1. The van der Waals surface area contributed by atoms with E-state index in [4.69, 9.17) is 9.47 Å². The van der Waals surface area contributed by atoms with Gasteiger partial charge in [-0.25, -0.2) is 9.59 Å². The number of hydrogen-bond donors (Lipinski definition) is 1. The molecule has 5 nitrogen and oxygen atoms in total. The Balaban J connectivity index is 3.52. The number of carbonyl (C=O) groups excluding carboxylic acids is 2. The molecule has 0 saturated heterocycles. The van der Waals surface area contributed by atoms with Crippen molar-refractivity contribution in [1.82, 2.24) is 0 Å². The topological polar surface area (TPSA) is 72.8 Å². The first-order valence-electron chi connectivity index (χ1n) is 10.6. The zero-order chi connectivity index (χ0) is 23.1. The van der Waals surface area contributed by atoms with E-state index in [1.165, 1.54) is 0 Å². The van der Waals surface area contributed by atoms with E-state index in [-0.39, 0.29) is 0 Å². The number of ether oxygens (including phenoxy) is 2. The molecule has 0 spiro atoms. The van der Waals surface area contributed by atoms with Gasteiger partial charge in [0.2, 0.25) is 0 Å². The lowest BCUT2D eigenvalue weighted by Gasteiger charge is -2.40. The molecule has 0 aromatic heterocycles. The van der Waals surface area contributed by atoms with Crippen LogP contribution < -0.4 is 0 Å². The third-order valence-corrected chi connectivity index (χ3v) is 5.59. The van der Waals surface area contributed by atoms with Crippen LogP contribution in [-0.2, 0) is 19.1 Å². The molecule has 0 saturated carbocycles. The lowest BCUT2D eigenvalue weighted by molar-refractivity contribution is -0.166. The van der Waals surface area contributed by atoms with E-state index in [1.807, 2.05) is 19.9 Å². The summed E-state index contributed by atoms with van der Waals surface area (Å²) in [6, 6.07) is 0. The summed E-state index contributed by atoms with van der Waals surface area (Å²) in [5.41, 5.74) is 1.85. The van der Waals surface area contributed by atoms with Gasteiger partial charge in [0, 0.05) is 17.6 Å². The van der Waals surface area contributed by atoms with Crippen LogP contribution in [0.15, 0.2) is 46.6 Å². The molecule has 0 unspecified atom stereocenters. The van der Waals surface area contributed by atoms with Crippen LogP contribution in [0.25, 0.3) is 0 Å². The molecule has 0 amide bonds. The number of esters is 2. The van der Waals surface area contributed by atoms with E-state index in [0.29, 0.717) is 17.6 Å². The molecule has 30 heavy (non-hydrogen) atoms. The normalized spacial score (nSPS) is 28.0. The van der Waals surface area contributed by atoms with Gasteiger partial charge < -0.3 is 14.6 Å². The van der Waals surface area contributed by atoms with Gasteiger partial charge >= 0.3 is 11.9 Å². The molecule has 1 aliphatic rings. The average Bonchev–Trinajstić information content (AvgIpc) is 2.64. The number of rotatable bonds is 5. The fraction of sp³-hybridized carbons (Fsp3) is 0.600. The highest BCUT2D eigenvalue weighted by Crippen LogP contribution is 2.34. The molecule has 3 atom stereocenters. The summed E-state index contributed by atoms with van der Waals surface area (Å²) >= 11 is 0. The number of hydrogen-bond acceptors (Lipinski definition) is 5. The predicted octanol–water partition coefficient (Wildman–Crippen LogP) is 5.21. The molecule has 1 N–H and O–H groups in total. The molecular weight excluding hydrogens is 380 g/mol. The summed E-state index contributed by atoms with van der Waals surface area (Å²) in [5.74, 6) is -1.52. The zero-order valence-electron chi connectivity index (χ0n) is 19.7. The first kappa shape index (κ1) is 25.9. The molecule has 1 aliphatic carbocycles. The van der Waals surface area contributed by atoms with Crippen molar-refractivity contribution in [3.63, 3.8) is 0 Å². The van der Waals surface area contributed by atoms with E-state index in [1.54, 1.807) is 53.7 Å². The summed E-state index contributed by atoms with van der Waals surface area (Å²) in [7, 11) is 0. The zero-order valence-corrected chi connectivity index (χ0v) is 19.7. The average molecular weight is 419 g/mol. The maximum atomic E-state index is 12.6. The van der Waals surface area contributed by atoms with Gasteiger partial charge in [0.1, 0.15) is 12.2 Å². The van der Waals surface area contributed by atoms with Gasteiger partial charge in [-0.3, -0.25) is 0 Å². The first-order chi connectivity index (χ1) is 13.9. The van der Waals surface area contributed by atoms with Crippen LogP contribution in [0.3, 0.4) is 0 Å². The van der Waals surface area contributed by atoms with Crippen molar-refractivity contribution in [1.29, 1.82) is 0 Å². The summed E-state index contributed by atoms with van der Waals surface area (Å²) < 4.78 is 11.7. The Kier molecular flexibility index (Phi) is 9.76. The maximum Gasteiger partial charge on any atom is 0.333 e. The van der Waals surface area contributed by atoms with Gasteiger partial charge in [-0.2, -0.15) is 0 Å². The smallest absolute Gasteiger partial charge is 0.333 e. The monoisotopic (exact) mass is 418 g/mol. The summed E-state index contributed by atoms with van der Waals surface area (Å²) in [5, 5.41) is 11.1. The minimum atomic E-state index is -1.26. The molecule has 168 valence electrons. The van der Waals surface area contributed by atoms with Gasteiger partial charge in [-0.05, 0) is 74.3 Å². The van der Waals surface area contributed by atoms with Gasteiger partial charge in [-0.15, -0.1) is 0 Å². The molecule has 0 radical (unpaired) electrons. The number of allylic oxidation sites excluding steroid dienone is 4. The quantitative estimate of drug-likeness (QED) is 0.377. The van der Waals surface area contributed by atoms with Crippen molar-refractivity contribution in [2.24, 2.45) is 5.92 Å². The molecule has 0 fully saturated rings. The van der Waals surface area contributed by atoms with Gasteiger partial charge in [0.15, 0.2) is 0 Å². The van der Waals surface area contributed by atoms with Gasteiger partial charge in [0.25, 0.3) is 0 Å². The Morgan fingerprint density at radius 2 is 1.57 bits per heavy atom. The summed E-state index contributed by atoms with van der Waals surface area (Å²) in [6.07, 6.45) is 8.16. The molecule has 5 heteroatoms. The van der Waals surface area contributed by atoms with Crippen molar-refractivity contribution in [3.05, 3.63) is 46.6 Å². The second kappa shape index (κ2) is 11.3. The third kappa shape index (κ3) is 7.60. The lowest BCUT2D eigenvalue weighted by atomic mass is 9.78. The maximum absolute atomic E-state index is 12.6. The standard InChI is InChI=1S/C25H38O5/c1-9-18(5)23(26)29-20-14-16(3)12-11-13-17(4)15-21(22(20)25(7,8)28)30-24(27)19(6)10-2/h9-10,12,15,20-22,28H,11,13-14H2,1-8H3/b16-12+,17-15+,18-9-,19-10+/t20-,21+,22+/m0/s1. The molecule has 1 rings (SSSR count). The van der Waals surface area contributed by atoms with Crippen LogP contribution in [-0.4, -0.2) is 34.9 Å². The molecule has 0 aliphatic heterocycles. The van der Waals surface area contributed by atoms with Crippen LogP contribution in [0.4, 0.5) is 0 Å². The van der Waals surface area contributed by atoms with Crippen molar-refractivity contribution < 1.29 is 24.2 Å². The minimum Gasteiger partial charge on any atom is -0.458 e. The fourth-order valence-corrected chi connectivity index (χ4v) is 3.51. The molecule has 0 bridgehead atoms. The van der Waals surface area contributed by atoms with Crippen LogP contribution >= 0.6 is 0 Å². The molecule has 0 aromatic carbocycles. The Labute approximate surface area is 181 Å². The lowest BCUT2D eigenvalue weighted by Crippen LogP contribution is -2.49. The Bertz CT molecular complexity index is 746. The van der Waals surface area contributed by atoms with Crippen LogP contribution in [0.2, 0.25) is 0 Å². The van der Waals surface area contributed by atoms with Crippen LogP contribution in [0.1, 0.15) is 74.7 Å². The van der Waals surface area contributed by atoms with Gasteiger partial charge in [0.05, 0.1) is 11.5 Å². The van der Waals surface area contributed by atoms with E-state index < -0.39 is 35.7 Å². The highest BCUT2D eigenvalue weighted by molar-refractivity contribution is 5.88. The molecule has 0 heterocycles. The third-order valence-electron chi connectivity index (χ3n) is 5.59. The highest BCUT2D eigenvalue weighted by Gasteiger charge is 2.43. The minimum absolute atomic E-state index is 0.433. The predicted molar refractivity (Wildman–Crippen MR) is 120 cm³/mol. The second-order valence-electron chi connectivity index (χ2n) is 8.74. The second-order valence-corrected chi connectivity index (χ2v) is 8.74. The van der Waals surface area contributed by atoms with E-state index in [2.05, 4.69) is 6.08 Å². The van der Waals surface area contributed by atoms with E-state index in [9.17, 15) is 14.7 Å². The summed E-state index contributed by atoms with van der Waals surface area (Å²) in [6.45, 7) is 14.3. The van der Waals surface area contributed by atoms with E-state index in [0.717, 1.165) is 24.0 Å². The van der Waals surface area contributed by atoms with Crippen LogP contribution in [0.5, 0.6) is 0 Å². The first-order valence-corrected chi connectivity index (χ1v) is 10.6. The SMILES string of the molecule is C/C=C(/C)C(=O)O[C@H]1C/C(C)=C/CC/C(C)=C/[C@@H](OC(=O)/C(C)=C/C)[C@@H]1C(C)(C)O. The Morgan fingerprint density at radius 3 is 2.07 bits per heavy atom. The fourth-order valence-electron chi connectivity index (χ4n) is 3.51. The largest absolute Gasteiger partial charge is 0.458 e. The highest BCUT2D eigenvalue weighted by atomic mass is 16.6. The van der Waals surface area contributed by atoms with Crippen molar-refractivity contribution in [2.45, 2.75) is 92.5 Å². The van der Waals surface area contributed by atoms with Crippen molar-refractivity contribution in [3.8, 4) is 0 Å². The molecule has 0 aromatic rings. The van der Waals surface area contributed by atoms with Gasteiger partial charge in [-0.1, -0.05) is 29.4 Å². The van der Waals surface area contributed by atoms with E-state index >= 15 is 0 Å². The number of carbonyl (C=O) groups is 2. The Morgan fingerprint density at radius 1 is 1.03 bits per heavy atom.